The third-order valence-corrected chi connectivity index (χ3v) is 4.74. The Labute approximate surface area is 122 Å². The zero-order valence-corrected chi connectivity index (χ0v) is 13.0. The van der Waals surface area contributed by atoms with Crippen LogP contribution in [0.2, 0.25) is 0 Å². The van der Waals surface area contributed by atoms with Crippen molar-refractivity contribution >= 4 is 5.91 Å². The van der Waals surface area contributed by atoms with Gasteiger partial charge in [0.25, 0.3) is 0 Å². The largest absolute Gasteiger partial charge is 0.396 e. The van der Waals surface area contributed by atoms with Crippen LogP contribution in [-0.4, -0.2) is 48.2 Å². The molecule has 0 spiro atoms. The second-order valence-corrected chi connectivity index (χ2v) is 6.98. The van der Waals surface area contributed by atoms with Gasteiger partial charge >= 0.3 is 0 Å². The third kappa shape index (κ3) is 4.19. The highest BCUT2D eigenvalue weighted by molar-refractivity contribution is 5.79. The van der Waals surface area contributed by atoms with E-state index < -0.39 is 0 Å². The first kappa shape index (κ1) is 15.8. The van der Waals surface area contributed by atoms with E-state index in [1.165, 1.54) is 12.8 Å². The van der Waals surface area contributed by atoms with Gasteiger partial charge in [0.15, 0.2) is 0 Å². The Morgan fingerprint density at radius 2 is 2.05 bits per heavy atom. The quantitative estimate of drug-likeness (QED) is 0.806. The van der Waals surface area contributed by atoms with Crippen LogP contribution in [0.25, 0.3) is 0 Å². The van der Waals surface area contributed by atoms with Crippen molar-refractivity contribution in [1.29, 1.82) is 0 Å². The molecule has 0 aromatic rings. The zero-order chi connectivity index (χ0) is 14.5. The molecule has 1 saturated heterocycles. The van der Waals surface area contributed by atoms with Gasteiger partial charge in [0.2, 0.25) is 5.91 Å². The summed E-state index contributed by atoms with van der Waals surface area (Å²) >= 11 is 0. The van der Waals surface area contributed by atoms with E-state index in [9.17, 15) is 9.90 Å². The van der Waals surface area contributed by atoms with Crippen molar-refractivity contribution in [2.75, 3.05) is 26.2 Å². The topological polar surface area (TPSA) is 52.6 Å². The molecule has 1 aliphatic carbocycles. The fourth-order valence-electron chi connectivity index (χ4n) is 3.65. The molecule has 1 aliphatic heterocycles. The first-order valence-corrected chi connectivity index (χ1v) is 8.23. The van der Waals surface area contributed by atoms with Gasteiger partial charge in [-0.2, -0.15) is 0 Å². The smallest absolute Gasteiger partial charge is 0.224 e. The van der Waals surface area contributed by atoms with Gasteiger partial charge in [-0.3, -0.25) is 4.79 Å². The van der Waals surface area contributed by atoms with Crippen LogP contribution in [0.5, 0.6) is 0 Å². The molecule has 0 radical (unpaired) electrons. The maximum atomic E-state index is 12.4. The summed E-state index contributed by atoms with van der Waals surface area (Å²) < 4.78 is 0. The molecule has 1 heterocycles. The van der Waals surface area contributed by atoms with Gasteiger partial charge in [-0.05, 0) is 31.7 Å². The SMILES string of the molecule is CC(C)CN1CCC(C(=O)NC2CCCCC2CO)C1. The molecule has 20 heavy (non-hydrogen) atoms. The molecule has 2 fully saturated rings. The normalized spacial score (nSPS) is 31.7. The zero-order valence-electron chi connectivity index (χ0n) is 13.0. The molecule has 0 aromatic heterocycles. The number of carbonyl (C=O) groups is 1. The Bertz CT molecular complexity index is 320. The highest BCUT2D eigenvalue weighted by Gasteiger charge is 2.32. The summed E-state index contributed by atoms with van der Waals surface area (Å²) in [5.74, 6) is 1.28. The van der Waals surface area contributed by atoms with Gasteiger partial charge in [0.05, 0.1) is 5.92 Å². The number of nitrogens with zero attached hydrogens (tertiary/aromatic N) is 1. The lowest BCUT2D eigenvalue weighted by Crippen LogP contribution is -2.46. The van der Waals surface area contributed by atoms with Crippen molar-refractivity contribution < 1.29 is 9.90 Å². The summed E-state index contributed by atoms with van der Waals surface area (Å²) in [6.07, 6.45) is 5.41. The Morgan fingerprint density at radius 1 is 1.30 bits per heavy atom. The first-order valence-electron chi connectivity index (χ1n) is 8.23. The molecule has 2 aliphatic rings. The standard InChI is InChI=1S/C16H30N2O2/c1-12(2)9-18-8-7-13(10-18)16(20)17-15-6-4-3-5-14(15)11-19/h12-15,19H,3-11H2,1-2H3,(H,17,20). The van der Waals surface area contributed by atoms with E-state index >= 15 is 0 Å². The Balaban J connectivity index is 1.80. The van der Waals surface area contributed by atoms with E-state index in [0.29, 0.717) is 5.92 Å². The molecule has 0 aromatic carbocycles. The summed E-state index contributed by atoms with van der Waals surface area (Å²) in [6.45, 7) is 7.69. The van der Waals surface area contributed by atoms with Crippen molar-refractivity contribution in [2.45, 2.75) is 52.0 Å². The fourth-order valence-corrected chi connectivity index (χ4v) is 3.65. The fraction of sp³-hybridized carbons (Fsp3) is 0.938. The van der Waals surface area contributed by atoms with E-state index in [1.807, 2.05) is 0 Å². The Morgan fingerprint density at radius 3 is 2.75 bits per heavy atom. The summed E-state index contributed by atoms with van der Waals surface area (Å²) in [7, 11) is 0. The lowest BCUT2D eigenvalue weighted by Gasteiger charge is -2.31. The third-order valence-electron chi connectivity index (χ3n) is 4.74. The second-order valence-electron chi connectivity index (χ2n) is 6.98. The number of aliphatic hydroxyl groups is 1. The molecule has 0 bridgehead atoms. The van der Waals surface area contributed by atoms with Gasteiger partial charge in [-0.1, -0.05) is 26.7 Å². The maximum absolute atomic E-state index is 12.4. The molecule has 1 saturated carbocycles. The Kier molecular flexibility index (Phi) is 5.85. The molecule has 2 N–H and O–H groups in total. The number of rotatable bonds is 5. The maximum Gasteiger partial charge on any atom is 0.224 e. The van der Waals surface area contributed by atoms with E-state index in [1.54, 1.807) is 0 Å². The first-order chi connectivity index (χ1) is 9.60. The van der Waals surface area contributed by atoms with Crippen LogP contribution >= 0.6 is 0 Å². The van der Waals surface area contributed by atoms with Gasteiger partial charge in [-0.15, -0.1) is 0 Å². The monoisotopic (exact) mass is 282 g/mol. The average molecular weight is 282 g/mol. The van der Waals surface area contributed by atoms with Gasteiger partial charge in [-0.25, -0.2) is 0 Å². The van der Waals surface area contributed by atoms with Crippen LogP contribution in [-0.2, 0) is 4.79 Å². The van der Waals surface area contributed by atoms with Crippen LogP contribution in [0, 0.1) is 17.8 Å². The van der Waals surface area contributed by atoms with E-state index in [4.69, 9.17) is 0 Å². The molecule has 116 valence electrons. The number of nitrogens with one attached hydrogen (secondary N) is 1. The molecule has 1 amide bonds. The minimum Gasteiger partial charge on any atom is -0.396 e. The molecule has 3 unspecified atom stereocenters. The highest BCUT2D eigenvalue weighted by Crippen LogP contribution is 2.25. The van der Waals surface area contributed by atoms with Crippen molar-refractivity contribution in [3.8, 4) is 0 Å². The molecular formula is C16H30N2O2. The predicted molar refractivity (Wildman–Crippen MR) is 80.4 cm³/mol. The lowest BCUT2D eigenvalue weighted by atomic mass is 9.84. The number of amides is 1. The van der Waals surface area contributed by atoms with Crippen molar-refractivity contribution in [2.24, 2.45) is 17.8 Å². The van der Waals surface area contributed by atoms with E-state index in [-0.39, 0.29) is 30.4 Å². The van der Waals surface area contributed by atoms with Crippen molar-refractivity contribution in [3.63, 3.8) is 0 Å². The number of aliphatic hydroxyl groups excluding tert-OH is 1. The molecule has 3 atom stereocenters. The molecule has 4 heteroatoms. The number of hydrogen-bond donors (Lipinski definition) is 2. The van der Waals surface area contributed by atoms with Crippen LogP contribution in [0.15, 0.2) is 0 Å². The van der Waals surface area contributed by atoms with Gasteiger partial charge < -0.3 is 15.3 Å². The molecule has 4 nitrogen and oxygen atoms in total. The summed E-state index contributed by atoms with van der Waals surface area (Å²) in [4.78, 5) is 14.8. The minimum absolute atomic E-state index is 0.148. The Hall–Kier alpha value is -0.610. The molecular weight excluding hydrogens is 252 g/mol. The number of carbonyl (C=O) groups excluding carboxylic acids is 1. The second kappa shape index (κ2) is 7.41. The van der Waals surface area contributed by atoms with Crippen LogP contribution < -0.4 is 5.32 Å². The number of likely N-dealkylation sites (tertiary alicyclic amines) is 1. The predicted octanol–water partition coefficient (Wildman–Crippen LogP) is 1.63. The lowest BCUT2D eigenvalue weighted by molar-refractivity contribution is -0.126. The summed E-state index contributed by atoms with van der Waals surface area (Å²) in [5, 5.41) is 12.6. The van der Waals surface area contributed by atoms with E-state index in [2.05, 4.69) is 24.1 Å². The summed E-state index contributed by atoms with van der Waals surface area (Å²) in [5.41, 5.74) is 0. The summed E-state index contributed by atoms with van der Waals surface area (Å²) in [6, 6.07) is 0.195. The van der Waals surface area contributed by atoms with Crippen LogP contribution in [0.1, 0.15) is 46.0 Å². The van der Waals surface area contributed by atoms with Crippen LogP contribution in [0.3, 0.4) is 0 Å². The molecule has 2 rings (SSSR count). The van der Waals surface area contributed by atoms with Crippen molar-refractivity contribution in [3.05, 3.63) is 0 Å². The van der Waals surface area contributed by atoms with Gasteiger partial charge in [0, 0.05) is 31.7 Å². The average Bonchev–Trinajstić information content (AvgIpc) is 2.87. The minimum atomic E-state index is 0.148. The van der Waals surface area contributed by atoms with E-state index in [0.717, 1.165) is 38.9 Å². The highest BCUT2D eigenvalue weighted by atomic mass is 16.3. The van der Waals surface area contributed by atoms with Crippen molar-refractivity contribution in [1.82, 2.24) is 10.2 Å². The van der Waals surface area contributed by atoms with Crippen LogP contribution in [0.4, 0.5) is 0 Å². The van der Waals surface area contributed by atoms with Gasteiger partial charge in [0.1, 0.15) is 0 Å². The number of hydrogen-bond acceptors (Lipinski definition) is 3.